The highest BCUT2D eigenvalue weighted by molar-refractivity contribution is 7.93. The lowest BCUT2D eigenvalue weighted by molar-refractivity contribution is 0.598. The minimum Gasteiger partial charge on any atom is -0.225 e. The van der Waals surface area contributed by atoms with E-state index in [1.165, 1.54) is 17.8 Å². The van der Waals surface area contributed by atoms with Gasteiger partial charge in [-0.3, -0.25) is 0 Å². The third kappa shape index (κ3) is 4.51. The van der Waals surface area contributed by atoms with Crippen LogP contribution in [0.5, 0.6) is 0 Å². The van der Waals surface area contributed by atoms with Crippen LogP contribution in [0.15, 0.2) is 52.9 Å². The van der Waals surface area contributed by atoms with Crippen molar-refractivity contribution in [2.45, 2.75) is 30.5 Å². The molecule has 0 aliphatic carbocycles. The summed E-state index contributed by atoms with van der Waals surface area (Å²) in [5, 5.41) is 0. The molecule has 1 aromatic carbocycles. The van der Waals surface area contributed by atoms with Gasteiger partial charge in [0.25, 0.3) is 0 Å². The number of sulfone groups is 1. The van der Waals surface area contributed by atoms with E-state index in [4.69, 9.17) is 0 Å². The summed E-state index contributed by atoms with van der Waals surface area (Å²) in [6.45, 7) is 2.15. The van der Waals surface area contributed by atoms with Crippen LogP contribution < -0.4 is 0 Å². The molecule has 0 bridgehead atoms. The highest BCUT2D eigenvalue weighted by Crippen LogP contribution is 2.25. The summed E-state index contributed by atoms with van der Waals surface area (Å²) in [5.41, 5.74) is 0.740. The van der Waals surface area contributed by atoms with Crippen molar-refractivity contribution in [3.8, 4) is 0 Å². The summed E-state index contributed by atoms with van der Waals surface area (Å²) in [6.07, 6.45) is 10.8. The molecule has 21 heavy (non-hydrogen) atoms. The van der Waals surface area contributed by atoms with Gasteiger partial charge in [-0.15, -0.1) is 11.3 Å². The molecule has 0 spiro atoms. The van der Waals surface area contributed by atoms with Crippen LogP contribution >= 0.6 is 11.3 Å². The molecule has 0 saturated carbocycles. The Morgan fingerprint density at radius 3 is 2.71 bits per heavy atom. The van der Waals surface area contributed by atoms with Crippen LogP contribution in [0, 0.1) is 0 Å². The molecular formula is C16H19NO2S2. The molecule has 0 N–H and O–H groups in total. The molecule has 0 fully saturated rings. The van der Waals surface area contributed by atoms with E-state index < -0.39 is 9.84 Å². The second kappa shape index (κ2) is 7.52. The largest absolute Gasteiger partial charge is 0.225 e. The number of aromatic nitrogens is 1. The summed E-state index contributed by atoms with van der Waals surface area (Å²) in [6, 6.07) is 7.47. The van der Waals surface area contributed by atoms with Gasteiger partial charge in [-0.25, -0.2) is 13.4 Å². The summed E-state index contributed by atoms with van der Waals surface area (Å²) in [7, 11) is -3.33. The number of unbranched alkanes of at least 4 members (excludes halogenated alkanes) is 2. The number of nitrogens with zero attached hydrogens (tertiary/aromatic N) is 1. The van der Waals surface area contributed by atoms with E-state index in [0.717, 1.165) is 23.1 Å². The molecule has 112 valence electrons. The maximum atomic E-state index is 12.2. The van der Waals surface area contributed by atoms with E-state index in [1.807, 2.05) is 30.3 Å². The first kappa shape index (κ1) is 15.9. The van der Waals surface area contributed by atoms with E-state index in [2.05, 4.69) is 18.0 Å². The Kier molecular flexibility index (Phi) is 5.70. The Morgan fingerprint density at radius 2 is 1.95 bits per heavy atom. The lowest BCUT2D eigenvalue weighted by atomic mass is 10.2. The molecule has 2 rings (SSSR count). The van der Waals surface area contributed by atoms with E-state index in [0.29, 0.717) is 0 Å². The highest BCUT2D eigenvalue weighted by atomic mass is 32.2. The highest BCUT2D eigenvalue weighted by Gasteiger charge is 2.17. The van der Waals surface area contributed by atoms with Crippen molar-refractivity contribution >= 4 is 31.4 Å². The van der Waals surface area contributed by atoms with Gasteiger partial charge in [-0.05, 0) is 18.6 Å². The van der Waals surface area contributed by atoms with Crippen LogP contribution in [-0.4, -0.2) is 19.2 Å². The maximum absolute atomic E-state index is 12.2. The minimum absolute atomic E-state index is 0.00899. The van der Waals surface area contributed by atoms with E-state index in [-0.39, 0.29) is 10.1 Å². The standard InChI is InChI=1S/C16H19NO2S2/c1-2-3-4-5-6-7-10-13-21(18,19)16-17-14-11-8-9-12-15(14)20-16/h5-12H,2-4,13H2,1H3/b6-5+,10-7+. The Labute approximate surface area is 130 Å². The van der Waals surface area contributed by atoms with E-state index in [1.54, 1.807) is 12.2 Å². The Bertz CT molecular complexity index is 709. The van der Waals surface area contributed by atoms with Gasteiger partial charge in [-0.1, -0.05) is 56.2 Å². The van der Waals surface area contributed by atoms with Crippen LogP contribution in [0.1, 0.15) is 26.2 Å². The van der Waals surface area contributed by atoms with Gasteiger partial charge in [0.2, 0.25) is 14.2 Å². The maximum Gasteiger partial charge on any atom is 0.210 e. The first-order chi connectivity index (χ1) is 10.1. The molecule has 0 radical (unpaired) electrons. The predicted octanol–water partition coefficient (Wildman–Crippen LogP) is 4.37. The lowest BCUT2D eigenvalue weighted by Crippen LogP contribution is -2.03. The van der Waals surface area contributed by atoms with E-state index >= 15 is 0 Å². The smallest absolute Gasteiger partial charge is 0.210 e. The molecular weight excluding hydrogens is 302 g/mol. The van der Waals surface area contributed by atoms with Crippen molar-refractivity contribution < 1.29 is 8.42 Å². The Balaban J connectivity index is 2.01. The van der Waals surface area contributed by atoms with Gasteiger partial charge in [0, 0.05) is 0 Å². The SMILES string of the molecule is CCCC/C=C/C=C/CS(=O)(=O)c1nc2ccccc2s1. The van der Waals surface area contributed by atoms with Gasteiger partial charge in [0.1, 0.15) is 0 Å². The Hall–Kier alpha value is -1.46. The van der Waals surface area contributed by atoms with Crippen LogP contribution in [0.2, 0.25) is 0 Å². The zero-order chi connectivity index (χ0) is 15.1. The normalized spacial score (nSPS) is 12.8. The van der Waals surface area contributed by atoms with Crippen LogP contribution in [0.4, 0.5) is 0 Å². The quantitative estimate of drug-likeness (QED) is 0.562. The first-order valence-electron chi connectivity index (χ1n) is 7.03. The molecule has 3 nitrogen and oxygen atoms in total. The molecule has 0 unspecified atom stereocenters. The van der Waals surface area contributed by atoms with Crippen molar-refractivity contribution in [3.63, 3.8) is 0 Å². The van der Waals surface area contributed by atoms with Crippen molar-refractivity contribution in [1.29, 1.82) is 0 Å². The molecule has 1 aromatic heterocycles. The van der Waals surface area contributed by atoms with Gasteiger partial charge in [0.15, 0.2) is 0 Å². The van der Waals surface area contributed by atoms with Crippen molar-refractivity contribution in [3.05, 3.63) is 48.6 Å². The molecule has 1 heterocycles. The number of hydrogen-bond donors (Lipinski definition) is 0. The molecule has 0 aliphatic heterocycles. The zero-order valence-electron chi connectivity index (χ0n) is 12.0. The van der Waals surface area contributed by atoms with Gasteiger partial charge >= 0.3 is 0 Å². The first-order valence-corrected chi connectivity index (χ1v) is 9.50. The average Bonchev–Trinajstić information content (AvgIpc) is 2.91. The lowest BCUT2D eigenvalue weighted by Gasteiger charge is -1.94. The number of fused-ring (bicyclic) bond motifs is 1. The molecule has 5 heteroatoms. The Morgan fingerprint density at radius 1 is 1.19 bits per heavy atom. The second-order valence-corrected chi connectivity index (χ2v) is 7.97. The third-order valence-electron chi connectivity index (χ3n) is 2.96. The minimum atomic E-state index is -3.33. The number of para-hydroxylation sites is 1. The second-order valence-electron chi connectivity index (χ2n) is 4.73. The van der Waals surface area contributed by atoms with Crippen molar-refractivity contribution in [1.82, 2.24) is 4.98 Å². The number of rotatable bonds is 7. The number of thiazole rings is 1. The number of benzene rings is 1. The third-order valence-corrected chi connectivity index (χ3v) is 6.06. The fraction of sp³-hybridized carbons (Fsp3) is 0.312. The predicted molar refractivity (Wildman–Crippen MR) is 89.5 cm³/mol. The summed E-state index contributed by atoms with van der Waals surface area (Å²) < 4.78 is 25.5. The topological polar surface area (TPSA) is 47.0 Å². The van der Waals surface area contributed by atoms with Gasteiger partial charge in [0.05, 0.1) is 16.0 Å². The fourth-order valence-corrected chi connectivity index (χ4v) is 4.24. The van der Waals surface area contributed by atoms with Crippen LogP contribution in [-0.2, 0) is 9.84 Å². The summed E-state index contributed by atoms with van der Waals surface area (Å²) >= 11 is 1.23. The number of hydrogen-bond acceptors (Lipinski definition) is 4. The molecule has 0 atom stereocenters. The van der Waals surface area contributed by atoms with Crippen LogP contribution in [0.25, 0.3) is 10.2 Å². The molecule has 2 aromatic rings. The van der Waals surface area contributed by atoms with Crippen LogP contribution in [0.3, 0.4) is 0 Å². The van der Waals surface area contributed by atoms with Gasteiger partial charge in [-0.2, -0.15) is 0 Å². The van der Waals surface area contributed by atoms with Crippen molar-refractivity contribution in [2.75, 3.05) is 5.75 Å². The fourth-order valence-electron chi connectivity index (χ4n) is 1.81. The zero-order valence-corrected chi connectivity index (χ0v) is 13.7. The molecule has 0 saturated heterocycles. The van der Waals surface area contributed by atoms with Crippen molar-refractivity contribution in [2.24, 2.45) is 0 Å². The summed E-state index contributed by atoms with van der Waals surface area (Å²) in [5.74, 6) is -0.00899. The monoisotopic (exact) mass is 321 g/mol. The van der Waals surface area contributed by atoms with E-state index in [9.17, 15) is 8.42 Å². The summed E-state index contributed by atoms with van der Waals surface area (Å²) in [4.78, 5) is 4.20. The number of allylic oxidation sites excluding steroid dienone is 3. The average molecular weight is 321 g/mol. The van der Waals surface area contributed by atoms with Gasteiger partial charge < -0.3 is 0 Å². The molecule has 0 aliphatic rings. The molecule has 0 amide bonds.